The van der Waals surface area contributed by atoms with Crippen LogP contribution in [0.1, 0.15) is 5.56 Å². The number of nitrogens with zero attached hydrogens (tertiary/aromatic N) is 1. The van der Waals surface area contributed by atoms with Gasteiger partial charge in [-0.3, -0.25) is 0 Å². The van der Waals surface area contributed by atoms with Gasteiger partial charge < -0.3 is 5.11 Å². The van der Waals surface area contributed by atoms with Crippen LogP contribution in [0, 0.1) is 6.92 Å². The Kier molecular flexibility index (Phi) is 2.19. The molecule has 0 spiro atoms. The van der Waals surface area contributed by atoms with Crippen molar-refractivity contribution < 1.29 is 9.67 Å². The standard InChI is InChI=1S/C12H11NO/c1-10-6-5-7-11(14)12(10)13-8-3-2-4-9-13/h2-9H,1H3/p+1. The largest absolute Gasteiger partial charge is 0.502 e. The van der Waals surface area contributed by atoms with Crippen molar-refractivity contribution in [2.45, 2.75) is 6.92 Å². The second-order valence-corrected chi connectivity index (χ2v) is 3.23. The van der Waals surface area contributed by atoms with Crippen molar-refractivity contribution in [2.75, 3.05) is 0 Å². The molecule has 14 heavy (non-hydrogen) atoms. The molecule has 2 rings (SSSR count). The molecule has 0 saturated heterocycles. The smallest absolute Gasteiger partial charge is 0.255 e. The number of benzene rings is 1. The maximum absolute atomic E-state index is 9.72. The lowest BCUT2D eigenvalue weighted by atomic mass is 10.2. The van der Waals surface area contributed by atoms with Gasteiger partial charge in [-0.05, 0) is 13.0 Å². The molecule has 70 valence electrons. The van der Waals surface area contributed by atoms with Crippen LogP contribution in [0.25, 0.3) is 5.69 Å². The summed E-state index contributed by atoms with van der Waals surface area (Å²) >= 11 is 0. The van der Waals surface area contributed by atoms with E-state index in [0.717, 1.165) is 11.3 Å². The summed E-state index contributed by atoms with van der Waals surface area (Å²) in [6.07, 6.45) is 3.84. The van der Waals surface area contributed by atoms with Gasteiger partial charge in [0.1, 0.15) is 0 Å². The van der Waals surface area contributed by atoms with Crippen molar-refractivity contribution >= 4 is 0 Å². The van der Waals surface area contributed by atoms with Gasteiger partial charge in [0.05, 0.1) is 0 Å². The van der Waals surface area contributed by atoms with Crippen LogP contribution < -0.4 is 4.57 Å². The maximum Gasteiger partial charge on any atom is 0.255 e. The van der Waals surface area contributed by atoms with Crippen molar-refractivity contribution in [2.24, 2.45) is 0 Å². The number of aryl methyl sites for hydroxylation is 1. The normalized spacial score (nSPS) is 10.1. The average molecular weight is 186 g/mol. The Morgan fingerprint density at radius 2 is 1.71 bits per heavy atom. The predicted molar refractivity (Wildman–Crippen MR) is 54.4 cm³/mol. The van der Waals surface area contributed by atoms with Crippen LogP contribution in [0.15, 0.2) is 48.8 Å². The molecule has 0 aliphatic heterocycles. The Morgan fingerprint density at radius 3 is 2.36 bits per heavy atom. The summed E-state index contributed by atoms with van der Waals surface area (Å²) in [5, 5.41) is 9.72. The van der Waals surface area contributed by atoms with E-state index in [1.807, 2.05) is 54.2 Å². The molecule has 2 nitrogen and oxygen atoms in total. The summed E-state index contributed by atoms with van der Waals surface area (Å²) in [7, 11) is 0. The SMILES string of the molecule is Cc1cccc(O)c1-[n+]1ccccc1. The number of rotatable bonds is 1. The van der Waals surface area contributed by atoms with E-state index < -0.39 is 0 Å². The average Bonchev–Trinajstić information content (AvgIpc) is 2.19. The Bertz CT molecular complexity index is 417. The van der Waals surface area contributed by atoms with Gasteiger partial charge >= 0.3 is 0 Å². The minimum Gasteiger partial charge on any atom is -0.502 e. The molecule has 1 N–H and O–H groups in total. The molecule has 0 bridgehead atoms. The van der Waals surface area contributed by atoms with Gasteiger partial charge in [-0.25, -0.2) is 0 Å². The summed E-state index contributed by atoms with van der Waals surface area (Å²) in [5.41, 5.74) is 1.90. The van der Waals surface area contributed by atoms with E-state index in [-0.39, 0.29) is 0 Å². The molecule has 0 saturated carbocycles. The number of pyridine rings is 1. The first-order valence-corrected chi connectivity index (χ1v) is 4.54. The summed E-state index contributed by atoms with van der Waals surface area (Å²) in [6.45, 7) is 1.98. The maximum atomic E-state index is 9.72. The van der Waals surface area contributed by atoms with Crippen LogP contribution in [0.4, 0.5) is 0 Å². The first kappa shape index (κ1) is 8.75. The molecule has 0 aliphatic rings. The van der Waals surface area contributed by atoms with E-state index in [1.54, 1.807) is 6.07 Å². The van der Waals surface area contributed by atoms with Crippen LogP contribution in [-0.4, -0.2) is 5.11 Å². The molecule has 0 atom stereocenters. The summed E-state index contributed by atoms with van der Waals surface area (Å²) in [4.78, 5) is 0. The highest BCUT2D eigenvalue weighted by atomic mass is 16.3. The zero-order chi connectivity index (χ0) is 9.97. The Hall–Kier alpha value is -1.83. The van der Waals surface area contributed by atoms with Crippen LogP contribution >= 0.6 is 0 Å². The van der Waals surface area contributed by atoms with E-state index in [9.17, 15) is 5.11 Å². The molecule has 0 radical (unpaired) electrons. The minimum atomic E-state index is 0.307. The van der Waals surface area contributed by atoms with E-state index >= 15 is 0 Å². The van der Waals surface area contributed by atoms with Gasteiger partial charge in [-0.15, -0.1) is 0 Å². The van der Waals surface area contributed by atoms with Crippen LogP contribution in [-0.2, 0) is 0 Å². The summed E-state index contributed by atoms with van der Waals surface area (Å²) < 4.78 is 1.91. The van der Waals surface area contributed by atoms with Crippen molar-refractivity contribution in [3.63, 3.8) is 0 Å². The number of phenolic OH excluding ortho intramolecular Hbond substituents is 1. The van der Waals surface area contributed by atoms with Crippen LogP contribution in [0.5, 0.6) is 5.75 Å². The molecule has 1 aromatic heterocycles. The summed E-state index contributed by atoms with van der Waals surface area (Å²) in [5.74, 6) is 0.307. The van der Waals surface area contributed by atoms with Crippen molar-refractivity contribution in [3.05, 3.63) is 54.4 Å². The number of aromatic hydroxyl groups is 1. The fraction of sp³-hybridized carbons (Fsp3) is 0.0833. The monoisotopic (exact) mass is 186 g/mol. The highest BCUT2D eigenvalue weighted by Gasteiger charge is 2.13. The second kappa shape index (κ2) is 3.50. The van der Waals surface area contributed by atoms with Crippen molar-refractivity contribution in [1.29, 1.82) is 0 Å². The Labute approximate surface area is 83.1 Å². The molecule has 2 heteroatoms. The fourth-order valence-corrected chi connectivity index (χ4v) is 1.53. The number of aromatic nitrogens is 1. The van der Waals surface area contributed by atoms with Crippen LogP contribution in [0.2, 0.25) is 0 Å². The highest BCUT2D eigenvalue weighted by Crippen LogP contribution is 2.19. The third-order valence-corrected chi connectivity index (χ3v) is 2.19. The van der Waals surface area contributed by atoms with Gasteiger partial charge in [-0.1, -0.05) is 18.2 Å². The van der Waals surface area contributed by atoms with Crippen LogP contribution in [0.3, 0.4) is 0 Å². The van der Waals surface area contributed by atoms with Crippen molar-refractivity contribution in [1.82, 2.24) is 0 Å². The zero-order valence-corrected chi connectivity index (χ0v) is 8.01. The van der Waals surface area contributed by atoms with Gasteiger partial charge in [-0.2, -0.15) is 4.57 Å². The van der Waals surface area contributed by atoms with E-state index in [1.165, 1.54) is 0 Å². The third-order valence-electron chi connectivity index (χ3n) is 2.19. The lowest BCUT2D eigenvalue weighted by molar-refractivity contribution is -0.596. The Morgan fingerprint density at radius 1 is 1.00 bits per heavy atom. The number of phenols is 1. The van der Waals surface area contributed by atoms with E-state index in [4.69, 9.17) is 0 Å². The molecule has 1 heterocycles. The minimum absolute atomic E-state index is 0.307. The number of hydrogen-bond donors (Lipinski definition) is 1. The lowest BCUT2D eigenvalue weighted by Crippen LogP contribution is -2.30. The van der Waals surface area contributed by atoms with Gasteiger partial charge in [0.15, 0.2) is 18.1 Å². The zero-order valence-electron chi connectivity index (χ0n) is 8.01. The Balaban J connectivity index is 2.63. The fourth-order valence-electron chi connectivity index (χ4n) is 1.53. The van der Waals surface area contributed by atoms with Gasteiger partial charge in [0.2, 0.25) is 0 Å². The molecule has 0 amide bonds. The molecule has 2 aromatic rings. The molecule has 0 fully saturated rings. The predicted octanol–water partition coefficient (Wildman–Crippen LogP) is 1.98. The number of hydrogen-bond acceptors (Lipinski definition) is 1. The lowest BCUT2D eigenvalue weighted by Gasteiger charge is -2.01. The molecular formula is C12H12NO+. The van der Waals surface area contributed by atoms with E-state index in [0.29, 0.717) is 5.75 Å². The summed E-state index contributed by atoms with van der Waals surface area (Å²) in [6, 6.07) is 11.3. The molecule has 1 aromatic carbocycles. The highest BCUT2D eigenvalue weighted by molar-refractivity contribution is 5.44. The first-order chi connectivity index (χ1) is 6.79. The second-order valence-electron chi connectivity index (χ2n) is 3.23. The van der Waals surface area contributed by atoms with Gasteiger partial charge in [0.25, 0.3) is 5.69 Å². The third kappa shape index (κ3) is 1.46. The quantitative estimate of drug-likeness (QED) is 0.676. The first-order valence-electron chi connectivity index (χ1n) is 4.54. The molecule has 0 unspecified atom stereocenters. The topological polar surface area (TPSA) is 24.1 Å². The van der Waals surface area contributed by atoms with Gasteiger partial charge in [0, 0.05) is 17.7 Å². The molecule has 0 aliphatic carbocycles. The number of para-hydroxylation sites is 1. The van der Waals surface area contributed by atoms with Crippen molar-refractivity contribution in [3.8, 4) is 11.4 Å². The molecular weight excluding hydrogens is 174 g/mol. The van der Waals surface area contributed by atoms with E-state index in [2.05, 4.69) is 0 Å².